The van der Waals surface area contributed by atoms with Crippen LogP contribution in [0.4, 0.5) is 0 Å². The molecule has 4 heteroatoms. The molecule has 4 nitrogen and oxygen atoms in total. The number of ether oxygens (including phenoxy) is 3. The number of rotatable bonds is 12. The van der Waals surface area contributed by atoms with E-state index < -0.39 is 0 Å². The Kier molecular flexibility index (Phi) is 9.37. The van der Waals surface area contributed by atoms with Crippen molar-refractivity contribution in [1.29, 1.82) is 0 Å². The average Bonchev–Trinajstić information content (AvgIpc) is 2.77. The van der Waals surface area contributed by atoms with Crippen LogP contribution in [0.3, 0.4) is 0 Å². The van der Waals surface area contributed by atoms with E-state index in [9.17, 15) is 4.79 Å². The summed E-state index contributed by atoms with van der Waals surface area (Å²) in [5, 5.41) is 0. The number of methoxy groups -OCH3 is 1. The first-order chi connectivity index (χ1) is 15.0. The van der Waals surface area contributed by atoms with Gasteiger partial charge in [0.25, 0.3) is 0 Å². The highest BCUT2D eigenvalue weighted by Crippen LogP contribution is 2.29. The third-order valence-corrected chi connectivity index (χ3v) is 4.41. The first kappa shape index (κ1) is 23.7. The lowest BCUT2D eigenvalue weighted by Gasteiger charge is -2.11. The van der Waals surface area contributed by atoms with E-state index in [0.717, 1.165) is 16.9 Å². The Hall–Kier alpha value is -3.53. The van der Waals surface area contributed by atoms with Crippen LogP contribution >= 0.6 is 0 Å². The second-order valence-corrected chi connectivity index (χ2v) is 7.12. The lowest BCUT2D eigenvalue weighted by Crippen LogP contribution is -2.01. The first-order valence-corrected chi connectivity index (χ1v) is 10.1. The van der Waals surface area contributed by atoms with Crippen LogP contribution in [0.5, 0.6) is 17.2 Å². The molecule has 0 heterocycles. The molecule has 162 valence electrons. The van der Waals surface area contributed by atoms with Crippen LogP contribution in [-0.2, 0) is 6.42 Å². The fourth-order valence-corrected chi connectivity index (χ4v) is 2.81. The molecule has 2 rings (SSSR count). The molecule has 2 aromatic rings. The third kappa shape index (κ3) is 7.34. The van der Waals surface area contributed by atoms with Gasteiger partial charge < -0.3 is 14.2 Å². The standard InChI is InChI=1S/C27H30O4/c1-6-8-23-19-22(11-14-25(23)31-17-15-20(3)4)24(28)12-9-21-10-13-26(30-16-7-2)27(18-21)29-5/h6-7,9-15,18-19H,1-2,8,16-17H2,3-5H3/b12-9-. The predicted molar refractivity (Wildman–Crippen MR) is 127 cm³/mol. The molecule has 0 bridgehead atoms. The van der Waals surface area contributed by atoms with Crippen molar-refractivity contribution >= 4 is 11.9 Å². The van der Waals surface area contributed by atoms with Crippen molar-refractivity contribution < 1.29 is 19.0 Å². The van der Waals surface area contributed by atoms with Crippen molar-refractivity contribution in [2.45, 2.75) is 20.3 Å². The summed E-state index contributed by atoms with van der Waals surface area (Å²) in [5.41, 5.74) is 3.56. The molecule has 0 atom stereocenters. The summed E-state index contributed by atoms with van der Waals surface area (Å²) in [5.74, 6) is 1.90. The zero-order valence-electron chi connectivity index (χ0n) is 18.5. The minimum absolute atomic E-state index is 0.0906. The summed E-state index contributed by atoms with van der Waals surface area (Å²) < 4.78 is 16.8. The summed E-state index contributed by atoms with van der Waals surface area (Å²) in [4.78, 5) is 12.7. The van der Waals surface area contributed by atoms with Gasteiger partial charge in [0.1, 0.15) is 19.0 Å². The maximum absolute atomic E-state index is 12.7. The molecule has 0 aliphatic heterocycles. The normalized spacial score (nSPS) is 10.4. The highest BCUT2D eigenvalue weighted by atomic mass is 16.5. The average molecular weight is 419 g/mol. The monoisotopic (exact) mass is 418 g/mol. The van der Waals surface area contributed by atoms with Gasteiger partial charge in [-0.25, -0.2) is 0 Å². The van der Waals surface area contributed by atoms with E-state index in [1.807, 2.05) is 50.3 Å². The lowest BCUT2D eigenvalue weighted by molar-refractivity contribution is 0.104. The number of hydrogen-bond acceptors (Lipinski definition) is 4. The fraction of sp³-hybridized carbons (Fsp3) is 0.222. The number of ketones is 1. The van der Waals surface area contributed by atoms with Crippen molar-refractivity contribution in [3.8, 4) is 17.2 Å². The Balaban J connectivity index is 2.17. The van der Waals surface area contributed by atoms with Crippen LogP contribution in [-0.4, -0.2) is 26.1 Å². The molecule has 0 aliphatic rings. The highest BCUT2D eigenvalue weighted by molar-refractivity contribution is 6.07. The smallest absolute Gasteiger partial charge is 0.185 e. The predicted octanol–water partition coefficient (Wildman–Crippen LogP) is 6.23. The van der Waals surface area contributed by atoms with Crippen molar-refractivity contribution in [2.24, 2.45) is 0 Å². The zero-order chi connectivity index (χ0) is 22.6. The van der Waals surface area contributed by atoms with Gasteiger partial charge in [0, 0.05) is 5.56 Å². The van der Waals surface area contributed by atoms with E-state index in [1.54, 1.807) is 37.5 Å². The van der Waals surface area contributed by atoms with Gasteiger partial charge in [-0.2, -0.15) is 0 Å². The molecule has 0 amide bonds. The van der Waals surface area contributed by atoms with Crippen LogP contribution in [0, 0.1) is 0 Å². The number of carbonyl (C=O) groups is 1. The first-order valence-electron chi connectivity index (χ1n) is 10.1. The van der Waals surface area contributed by atoms with Crippen LogP contribution in [0.1, 0.15) is 35.3 Å². The van der Waals surface area contributed by atoms with Crippen LogP contribution < -0.4 is 14.2 Å². The van der Waals surface area contributed by atoms with E-state index in [-0.39, 0.29) is 5.78 Å². The Morgan fingerprint density at radius 3 is 2.35 bits per heavy atom. The quantitative estimate of drug-likeness (QED) is 0.233. The Morgan fingerprint density at radius 2 is 1.68 bits per heavy atom. The van der Waals surface area contributed by atoms with Crippen LogP contribution in [0.15, 0.2) is 79.4 Å². The molecular weight excluding hydrogens is 388 g/mol. The second kappa shape index (κ2) is 12.2. The van der Waals surface area contributed by atoms with E-state index in [1.165, 1.54) is 5.57 Å². The summed E-state index contributed by atoms with van der Waals surface area (Å²) in [6.45, 7) is 12.4. The third-order valence-electron chi connectivity index (χ3n) is 4.41. The molecule has 0 spiro atoms. The molecule has 0 saturated carbocycles. The van der Waals surface area contributed by atoms with Gasteiger partial charge in [0.2, 0.25) is 0 Å². The summed E-state index contributed by atoms with van der Waals surface area (Å²) in [6.07, 6.45) is 9.42. The number of benzene rings is 2. The van der Waals surface area contributed by atoms with Gasteiger partial charge in [-0.1, -0.05) is 36.4 Å². The van der Waals surface area contributed by atoms with Gasteiger partial charge in [0.05, 0.1) is 7.11 Å². The topological polar surface area (TPSA) is 44.8 Å². The molecule has 0 saturated heterocycles. The van der Waals surface area contributed by atoms with E-state index >= 15 is 0 Å². The molecule has 0 N–H and O–H groups in total. The number of allylic oxidation sites excluding steroid dienone is 3. The largest absolute Gasteiger partial charge is 0.493 e. The van der Waals surface area contributed by atoms with Crippen molar-refractivity contribution in [2.75, 3.05) is 20.3 Å². The second-order valence-electron chi connectivity index (χ2n) is 7.12. The minimum Gasteiger partial charge on any atom is -0.493 e. The Labute approximate surface area is 185 Å². The maximum Gasteiger partial charge on any atom is 0.185 e. The van der Waals surface area contributed by atoms with Crippen molar-refractivity contribution in [3.63, 3.8) is 0 Å². The van der Waals surface area contributed by atoms with Gasteiger partial charge in [0.15, 0.2) is 17.3 Å². The number of carbonyl (C=O) groups excluding carboxylic acids is 1. The molecule has 0 fully saturated rings. The zero-order valence-corrected chi connectivity index (χ0v) is 18.5. The van der Waals surface area contributed by atoms with Crippen molar-refractivity contribution in [3.05, 3.63) is 96.1 Å². The van der Waals surface area contributed by atoms with E-state index in [0.29, 0.717) is 36.7 Å². The Bertz CT molecular complexity index is 979. The van der Waals surface area contributed by atoms with Gasteiger partial charge in [-0.15, -0.1) is 6.58 Å². The van der Waals surface area contributed by atoms with Gasteiger partial charge in [-0.3, -0.25) is 4.79 Å². The van der Waals surface area contributed by atoms with Gasteiger partial charge in [-0.05, 0) is 73.9 Å². The van der Waals surface area contributed by atoms with Crippen molar-refractivity contribution in [1.82, 2.24) is 0 Å². The van der Waals surface area contributed by atoms with Crippen LogP contribution in [0.2, 0.25) is 0 Å². The lowest BCUT2D eigenvalue weighted by atomic mass is 10.0. The Morgan fingerprint density at radius 1 is 0.935 bits per heavy atom. The minimum atomic E-state index is -0.0906. The van der Waals surface area contributed by atoms with E-state index in [2.05, 4.69) is 13.2 Å². The fourth-order valence-electron chi connectivity index (χ4n) is 2.81. The molecule has 2 aromatic carbocycles. The van der Waals surface area contributed by atoms with E-state index in [4.69, 9.17) is 14.2 Å². The summed E-state index contributed by atoms with van der Waals surface area (Å²) in [6, 6.07) is 11.0. The van der Waals surface area contributed by atoms with Gasteiger partial charge >= 0.3 is 0 Å². The maximum atomic E-state index is 12.7. The molecule has 0 aliphatic carbocycles. The molecule has 0 unspecified atom stereocenters. The SMILES string of the molecule is C=CCOc1ccc(/C=C\C(=O)c2ccc(OCC=C(C)C)c(CC=C)c2)cc1OC. The molecule has 0 aromatic heterocycles. The number of hydrogen-bond donors (Lipinski definition) is 0. The summed E-state index contributed by atoms with van der Waals surface area (Å²) >= 11 is 0. The highest BCUT2D eigenvalue weighted by Gasteiger charge is 2.09. The molecular formula is C27H30O4. The summed E-state index contributed by atoms with van der Waals surface area (Å²) in [7, 11) is 1.58. The molecule has 0 radical (unpaired) electrons. The van der Waals surface area contributed by atoms with Crippen LogP contribution in [0.25, 0.3) is 6.08 Å². The molecule has 31 heavy (non-hydrogen) atoms.